The number of hydrogen-bond donors (Lipinski definition) is 1. The van der Waals surface area contributed by atoms with E-state index >= 15 is 0 Å². The predicted octanol–water partition coefficient (Wildman–Crippen LogP) is 2.39. The van der Waals surface area contributed by atoms with E-state index in [4.69, 9.17) is 11.6 Å². The van der Waals surface area contributed by atoms with Crippen LogP contribution in [-0.4, -0.2) is 44.7 Å². The monoisotopic (exact) mass is 546 g/mol. The number of rotatable bonds is 5. The largest absolute Gasteiger partial charge is 0.305 e. The first kappa shape index (κ1) is 26.2. The fraction of sp³-hybridized carbons (Fsp3) is 0.333. The lowest BCUT2D eigenvalue weighted by atomic mass is 9.94. The van der Waals surface area contributed by atoms with Gasteiger partial charge in [0.25, 0.3) is 5.91 Å². The van der Waals surface area contributed by atoms with Crippen molar-refractivity contribution in [2.24, 2.45) is 22.0 Å². The van der Waals surface area contributed by atoms with Crippen molar-refractivity contribution in [2.45, 2.75) is 36.6 Å². The summed E-state index contributed by atoms with van der Waals surface area (Å²) in [5.41, 5.74) is 0.826. The Morgan fingerprint density at radius 3 is 2.28 bits per heavy atom. The van der Waals surface area contributed by atoms with Crippen LogP contribution in [0.4, 0.5) is 0 Å². The Bertz CT molecular complexity index is 1640. The maximum atomic E-state index is 13.1. The molecule has 190 valence electrons. The number of thiazole rings is 1. The van der Waals surface area contributed by atoms with Crippen molar-refractivity contribution in [2.75, 3.05) is 13.1 Å². The van der Waals surface area contributed by atoms with Gasteiger partial charge in [-0.1, -0.05) is 31.1 Å². The maximum absolute atomic E-state index is 13.1. The number of terminal acetylenes is 1. The number of fused-ring (bicyclic) bond motifs is 1. The summed E-state index contributed by atoms with van der Waals surface area (Å²) < 4.78 is 53.3. The maximum Gasteiger partial charge on any atom is 0.279 e. The lowest BCUT2D eigenvalue weighted by Crippen LogP contribution is -2.42. The van der Waals surface area contributed by atoms with Crippen LogP contribution in [0.25, 0.3) is 10.2 Å². The van der Waals surface area contributed by atoms with Gasteiger partial charge in [-0.05, 0) is 60.7 Å². The minimum absolute atomic E-state index is 0.0590. The highest BCUT2D eigenvalue weighted by Crippen LogP contribution is 2.27. The summed E-state index contributed by atoms with van der Waals surface area (Å²) in [6.07, 6.45) is 6.47. The van der Waals surface area contributed by atoms with Gasteiger partial charge < -0.3 is 4.57 Å². The van der Waals surface area contributed by atoms with E-state index in [9.17, 15) is 21.6 Å². The van der Waals surface area contributed by atoms with E-state index in [1.165, 1.54) is 40.7 Å². The molecule has 1 aliphatic heterocycles. The minimum Gasteiger partial charge on any atom is -0.305 e. The highest BCUT2D eigenvalue weighted by atomic mass is 32.2. The Hall–Kier alpha value is -2.82. The summed E-state index contributed by atoms with van der Waals surface area (Å²) in [5, 5.41) is 5.23. The molecule has 3 aromatic rings. The second-order valence-corrected chi connectivity index (χ2v) is 13.6. The number of hydrogen-bond acceptors (Lipinski definition) is 6. The van der Waals surface area contributed by atoms with Gasteiger partial charge in [0, 0.05) is 18.7 Å². The molecule has 0 spiro atoms. The van der Waals surface area contributed by atoms with Crippen molar-refractivity contribution < 1.29 is 21.6 Å². The average Bonchev–Trinajstić information content (AvgIpc) is 3.14. The zero-order valence-corrected chi connectivity index (χ0v) is 22.2. The van der Waals surface area contributed by atoms with Crippen LogP contribution in [0.5, 0.6) is 0 Å². The lowest BCUT2D eigenvalue weighted by molar-refractivity contribution is 0.0997. The number of amides is 1. The van der Waals surface area contributed by atoms with Crippen LogP contribution in [0.15, 0.2) is 57.2 Å². The van der Waals surface area contributed by atoms with Crippen LogP contribution in [0.3, 0.4) is 0 Å². The molecule has 1 fully saturated rings. The molecule has 0 unspecified atom stereocenters. The van der Waals surface area contributed by atoms with E-state index in [1.54, 1.807) is 10.6 Å². The first-order valence-corrected chi connectivity index (χ1v) is 15.0. The van der Waals surface area contributed by atoms with Crippen molar-refractivity contribution >= 4 is 47.5 Å². The van der Waals surface area contributed by atoms with E-state index in [0.29, 0.717) is 23.3 Å². The lowest BCUT2D eigenvalue weighted by Gasteiger charge is -2.34. The standard InChI is InChI=1S/C24H26N4O5S3/c1-4-11-28-21-10-9-20(35(25,30)31)13-22(21)34-24(28)26-23(29)18-5-7-19(8-6-18)36(32,33)27-14-16(2)12-17(3)15-27/h1,5-10,13,16-17H,11-12,14-15H2,2-3H3,(H2,25,30,31)/t16-,17+. The molecular weight excluding hydrogens is 520 g/mol. The van der Waals surface area contributed by atoms with E-state index in [-0.39, 0.29) is 38.5 Å². The van der Waals surface area contributed by atoms with Gasteiger partial charge in [0.2, 0.25) is 20.0 Å². The Morgan fingerprint density at radius 2 is 1.69 bits per heavy atom. The predicted molar refractivity (Wildman–Crippen MR) is 138 cm³/mol. The van der Waals surface area contributed by atoms with Gasteiger partial charge in [0.1, 0.15) is 0 Å². The number of sulfonamides is 2. The minimum atomic E-state index is -3.90. The number of benzene rings is 2. The second-order valence-electron chi connectivity index (χ2n) is 9.06. The van der Waals surface area contributed by atoms with Crippen molar-refractivity contribution in [3.8, 4) is 12.3 Å². The number of primary sulfonamides is 1. The van der Waals surface area contributed by atoms with Crippen LogP contribution in [-0.2, 0) is 26.6 Å². The van der Waals surface area contributed by atoms with Gasteiger partial charge in [-0.15, -0.1) is 6.42 Å². The number of aromatic nitrogens is 1. The molecule has 2 heterocycles. The summed E-state index contributed by atoms with van der Waals surface area (Å²) in [6.45, 7) is 5.13. The van der Waals surface area contributed by atoms with E-state index < -0.39 is 26.0 Å². The summed E-state index contributed by atoms with van der Waals surface area (Å²) in [6, 6.07) is 10.1. The zero-order valence-electron chi connectivity index (χ0n) is 19.8. The number of carbonyl (C=O) groups is 1. The molecule has 2 atom stereocenters. The summed E-state index contributed by atoms with van der Waals surface area (Å²) in [4.78, 5) is 17.5. The molecule has 0 bridgehead atoms. The van der Waals surface area contributed by atoms with Crippen molar-refractivity contribution in [3.05, 3.63) is 52.8 Å². The smallest absolute Gasteiger partial charge is 0.279 e. The molecule has 36 heavy (non-hydrogen) atoms. The van der Waals surface area contributed by atoms with Crippen molar-refractivity contribution in [1.29, 1.82) is 0 Å². The quantitative estimate of drug-likeness (QED) is 0.491. The Morgan fingerprint density at radius 1 is 1.08 bits per heavy atom. The topological polar surface area (TPSA) is 132 Å². The third-order valence-electron chi connectivity index (χ3n) is 6.00. The molecule has 0 aliphatic carbocycles. The van der Waals surface area contributed by atoms with Gasteiger partial charge in [-0.2, -0.15) is 9.30 Å². The molecule has 2 N–H and O–H groups in total. The molecule has 0 saturated carbocycles. The Kier molecular flexibility index (Phi) is 7.23. The molecule has 2 aromatic carbocycles. The van der Waals surface area contributed by atoms with Crippen LogP contribution >= 0.6 is 11.3 Å². The van der Waals surface area contributed by atoms with Gasteiger partial charge in [-0.25, -0.2) is 22.0 Å². The molecule has 1 aliphatic rings. The van der Waals surface area contributed by atoms with Gasteiger partial charge in [0.05, 0.1) is 26.6 Å². The molecule has 0 radical (unpaired) electrons. The Labute approximate surface area is 214 Å². The average molecular weight is 547 g/mol. The van der Waals surface area contributed by atoms with Crippen molar-refractivity contribution in [3.63, 3.8) is 0 Å². The Balaban J connectivity index is 1.67. The van der Waals surface area contributed by atoms with Gasteiger partial charge in [0.15, 0.2) is 4.80 Å². The summed E-state index contributed by atoms with van der Waals surface area (Å²) in [5.74, 6) is 2.48. The molecule has 4 rings (SSSR count). The van der Waals surface area contributed by atoms with Crippen molar-refractivity contribution in [1.82, 2.24) is 8.87 Å². The number of piperidine rings is 1. The fourth-order valence-corrected chi connectivity index (χ4v) is 7.79. The van der Waals surface area contributed by atoms with Crippen LogP contribution < -0.4 is 9.94 Å². The number of nitrogens with two attached hydrogens (primary N) is 1. The van der Waals surface area contributed by atoms with Gasteiger partial charge in [-0.3, -0.25) is 4.79 Å². The van der Waals surface area contributed by atoms with E-state index in [0.717, 1.165) is 17.8 Å². The fourth-order valence-electron chi connectivity index (χ4n) is 4.43. The number of carbonyl (C=O) groups excluding carboxylic acids is 1. The third kappa shape index (κ3) is 5.30. The molecule has 12 heteroatoms. The molecular formula is C24H26N4O5S3. The highest BCUT2D eigenvalue weighted by molar-refractivity contribution is 7.89. The molecule has 1 saturated heterocycles. The third-order valence-corrected chi connectivity index (χ3v) is 9.80. The SMILES string of the molecule is C#CCn1c(=NC(=O)c2ccc(S(=O)(=O)N3C[C@H](C)C[C@H](C)C3)cc2)sc2cc(S(N)(=O)=O)ccc21. The summed E-state index contributed by atoms with van der Waals surface area (Å²) >= 11 is 1.10. The second kappa shape index (κ2) is 9.91. The summed E-state index contributed by atoms with van der Waals surface area (Å²) in [7, 11) is -7.57. The van der Waals surface area contributed by atoms with Crippen LogP contribution in [0.2, 0.25) is 0 Å². The van der Waals surface area contributed by atoms with E-state index in [2.05, 4.69) is 10.9 Å². The first-order valence-electron chi connectivity index (χ1n) is 11.2. The van der Waals surface area contributed by atoms with Gasteiger partial charge >= 0.3 is 0 Å². The molecule has 1 amide bonds. The highest BCUT2D eigenvalue weighted by Gasteiger charge is 2.31. The normalized spacial score (nSPS) is 19.9. The molecule has 1 aromatic heterocycles. The van der Waals surface area contributed by atoms with Crippen LogP contribution in [0.1, 0.15) is 30.6 Å². The molecule has 9 nitrogen and oxygen atoms in total. The van der Waals surface area contributed by atoms with E-state index in [1.807, 2.05) is 13.8 Å². The first-order chi connectivity index (χ1) is 16.9. The van der Waals surface area contributed by atoms with Crippen LogP contribution in [0, 0.1) is 24.2 Å². The zero-order chi connectivity index (χ0) is 26.3. The number of nitrogens with zero attached hydrogens (tertiary/aromatic N) is 3.